The molecule has 0 unspecified atom stereocenters. The van der Waals surface area contributed by atoms with Gasteiger partial charge in [-0.2, -0.15) is 0 Å². The highest BCUT2D eigenvalue weighted by Crippen LogP contribution is 2.15. The van der Waals surface area contributed by atoms with Crippen LogP contribution >= 0.6 is 23.7 Å². The van der Waals surface area contributed by atoms with Gasteiger partial charge in [-0.1, -0.05) is 18.2 Å². The van der Waals surface area contributed by atoms with Crippen molar-refractivity contribution in [2.75, 3.05) is 31.9 Å². The van der Waals surface area contributed by atoms with Gasteiger partial charge >= 0.3 is 0 Å². The molecule has 1 aliphatic rings. The molecule has 0 spiro atoms. The zero-order valence-corrected chi connectivity index (χ0v) is 13.9. The van der Waals surface area contributed by atoms with Crippen molar-refractivity contribution in [3.63, 3.8) is 0 Å². The maximum Gasteiger partial charge on any atom is 0.264 e. The van der Waals surface area contributed by atoms with Crippen LogP contribution in [0, 0.1) is 0 Å². The van der Waals surface area contributed by atoms with Crippen LogP contribution in [0.2, 0.25) is 0 Å². The first-order valence-corrected chi connectivity index (χ1v) is 8.00. The fraction of sp³-hybridized carbons (Fsp3) is 0.312. The standard InChI is InChI=1S/C16H19N3OS.ClH/c17-14-4-1-3-13(11-14)12-18-6-8-19(9-7-18)16(20)15-5-2-10-21-15;/h1-5,10-11H,6-9,12,17H2;1H. The Labute approximate surface area is 140 Å². The number of piperazine rings is 1. The van der Waals surface area contributed by atoms with Crippen molar-refractivity contribution in [1.29, 1.82) is 0 Å². The fourth-order valence-electron chi connectivity index (χ4n) is 2.61. The highest BCUT2D eigenvalue weighted by molar-refractivity contribution is 7.12. The third-order valence-corrected chi connectivity index (χ3v) is 4.61. The maximum atomic E-state index is 12.3. The summed E-state index contributed by atoms with van der Waals surface area (Å²) in [5.41, 5.74) is 7.84. The average molecular weight is 338 g/mol. The van der Waals surface area contributed by atoms with Crippen LogP contribution in [0.25, 0.3) is 0 Å². The van der Waals surface area contributed by atoms with Crippen molar-refractivity contribution in [3.05, 3.63) is 52.2 Å². The lowest BCUT2D eigenvalue weighted by atomic mass is 10.1. The predicted octanol–water partition coefficient (Wildman–Crippen LogP) is 2.71. The zero-order valence-electron chi connectivity index (χ0n) is 12.3. The summed E-state index contributed by atoms with van der Waals surface area (Å²) in [6.45, 7) is 4.29. The average Bonchev–Trinajstić information content (AvgIpc) is 3.01. The van der Waals surface area contributed by atoms with E-state index >= 15 is 0 Å². The smallest absolute Gasteiger partial charge is 0.264 e. The Morgan fingerprint density at radius 3 is 2.55 bits per heavy atom. The molecular formula is C16H20ClN3OS. The SMILES string of the molecule is Cl.Nc1cccc(CN2CCN(C(=O)c3cccs3)CC2)c1. The summed E-state index contributed by atoms with van der Waals surface area (Å²) in [4.78, 5) is 17.4. The minimum absolute atomic E-state index is 0. The largest absolute Gasteiger partial charge is 0.399 e. The Hall–Kier alpha value is -1.56. The molecular weight excluding hydrogens is 318 g/mol. The van der Waals surface area contributed by atoms with Crippen LogP contribution < -0.4 is 5.73 Å². The Bertz CT molecular complexity index is 610. The molecule has 1 aliphatic heterocycles. The van der Waals surface area contributed by atoms with E-state index in [1.807, 2.05) is 40.6 Å². The van der Waals surface area contributed by atoms with Crippen LogP contribution in [0.4, 0.5) is 5.69 Å². The zero-order chi connectivity index (χ0) is 14.7. The van der Waals surface area contributed by atoms with E-state index in [1.165, 1.54) is 16.9 Å². The van der Waals surface area contributed by atoms with E-state index in [4.69, 9.17) is 5.73 Å². The van der Waals surface area contributed by atoms with Gasteiger partial charge in [-0.25, -0.2) is 0 Å². The number of thiophene rings is 1. The van der Waals surface area contributed by atoms with E-state index in [1.54, 1.807) is 0 Å². The molecule has 0 radical (unpaired) electrons. The van der Waals surface area contributed by atoms with E-state index < -0.39 is 0 Å². The molecule has 3 rings (SSSR count). The number of hydrogen-bond donors (Lipinski definition) is 1. The van der Waals surface area contributed by atoms with Crippen LogP contribution in [0.3, 0.4) is 0 Å². The summed E-state index contributed by atoms with van der Waals surface area (Å²) in [6, 6.07) is 11.8. The van der Waals surface area contributed by atoms with Crippen molar-refractivity contribution >= 4 is 35.3 Å². The number of anilines is 1. The van der Waals surface area contributed by atoms with Crippen LogP contribution in [-0.4, -0.2) is 41.9 Å². The van der Waals surface area contributed by atoms with Crippen molar-refractivity contribution in [2.45, 2.75) is 6.54 Å². The monoisotopic (exact) mass is 337 g/mol. The van der Waals surface area contributed by atoms with Gasteiger partial charge in [0.2, 0.25) is 0 Å². The topological polar surface area (TPSA) is 49.6 Å². The number of carbonyl (C=O) groups excluding carboxylic acids is 1. The molecule has 2 aromatic rings. The third-order valence-electron chi connectivity index (χ3n) is 3.75. The van der Waals surface area contributed by atoms with Crippen LogP contribution in [0.15, 0.2) is 41.8 Å². The van der Waals surface area contributed by atoms with E-state index in [9.17, 15) is 4.79 Å². The Morgan fingerprint density at radius 1 is 1.14 bits per heavy atom. The number of hydrogen-bond acceptors (Lipinski definition) is 4. The van der Waals surface area contributed by atoms with E-state index in [0.29, 0.717) is 0 Å². The molecule has 2 N–H and O–H groups in total. The van der Waals surface area contributed by atoms with Crippen LogP contribution in [-0.2, 0) is 6.54 Å². The predicted molar refractivity (Wildman–Crippen MR) is 93.6 cm³/mol. The first-order chi connectivity index (χ1) is 10.2. The Balaban J connectivity index is 0.00000176. The summed E-state index contributed by atoms with van der Waals surface area (Å²) in [7, 11) is 0. The number of benzene rings is 1. The highest BCUT2D eigenvalue weighted by atomic mass is 35.5. The summed E-state index contributed by atoms with van der Waals surface area (Å²) in [5.74, 6) is 0.161. The highest BCUT2D eigenvalue weighted by Gasteiger charge is 2.22. The lowest BCUT2D eigenvalue weighted by Crippen LogP contribution is -2.48. The normalized spacial score (nSPS) is 15.4. The molecule has 1 amide bonds. The van der Waals surface area contributed by atoms with Gasteiger partial charge in [-0.3, -0.25) is 9.69 Å². The summed E-state index contributed by atoms with van der Waals surface area (Å²) >= 11 is 1.51. The molecule has 6 heteroatoms. The Morgan fingerprint density at radius 2 is 1.91 bits per heavy atom. The Kier molecular flexibility index (Phi) is 5.83. The molecule has 118 valence electrons. The third kappa shape index (κ3) is 4.00. The molecule has 2 heterocycles. The van der Waals surface area contributed by atoms with Gasteiger partial charge in [-0.15, -0.1) is 23.7 Å². The molecule has 1 saturated heterocycles. The second kappa shape index (κ2) is 7.63. The molecule has 1 aromatic heterocycles. The van der Waals surface area contributed by atoms with Crippen molar-refractivity contribution in [2.24, 2.45) is 0 Å². The van der Waals surface area contributed by atoms with E-state index in [-0.39, 0.29) is 18.3 Å². The van der Waals surface area contributed by atoms with Crippen LogP contribution in [0.5, 0.6) is 0 Å². The molecule has 1 aromatic carbocycles. The minimum atomic E-state index is 0. The molecule has 0 aliphatic carbocycles. The van der Waals surface area contributed by atoms with Gasteiger partial charge < -0.3 is 10.6 Å². The molecule has 0 atom stereocenters. The molecule has 1 fully saturated rings. The van der Waals surface area contributed by atoms with Gasteiger partial charge in [0.1, 0.15) is 0 Å². The first kappa shape index (κ1) is 16.8. The van der Waals surface area contributed by atoms with Gasteiger partial charge in [-0.05, 0) is 29.1 Å². The van der Waals surface area contributed by atoms with Gasteiger partial charge in [0.15, 0.2) is 0 Å². The first-order valence-electron chi connectivity index (χ1n) is 7.12. The number of amides is 1. The van der Waals surface area contributed by atoms with Gasteiger partial charge in [0.25, 0.3) is 5.91 Å². The lowest BCUT2D eigenvalue weighted by Gasteiger charge is -2.34. The molecule has 0 bridgehead atoms. The van der Waals surface area contributed by atoms with Crippen molar-refractivity contribution in [3.8, 4) is 0 Å². The minimum Gasteiger partial charge on any atom is -0.399 e. The van der Waals surface area contributed by atoms with Gasteiger partial charge in [0, 0.05) is 38.4 Å². The summed E-state index contributed by atoms with van der Waals surface area (Å²) in [6.07, 6.45) is 0. The molecule has 22 heavy (non-hydrogen) atoms. The van der Waals surface area contributed by atoms with Crippen molar-refractivity contribution < 1.29 is 4.79 Å². The number of nitrogens with two attached hydrogens (primary N) is 1. The van der Waals surface area contributed by atoms with E-state index in [0.717, 1.165) is 43.3 Å². The maximum absolute atomic E-state index is 12.3. The van der Waals surface area contributed by atoms with Gasteiger partial charge in [0.05, 0.1) is 4.88 Å². The van der Waals surface area contributed by atoms with Crippen LogP contribution in [0.1, 0.15) is 15.2 Å². The lowest BCUT2D eigenvalue weighted by molar-refractivity contribution is 0.0633. The van der Waals surface area contributed by atoms with E-state index in [2.05, 4.69) is 11.0 Å². The van der Waals surface area contributed by atoms with Crippen molar-refractivity contribution in [1.82, 2.24) is 9.80 Å². The molecule has 0 saturated carbocycles. The number of carbonyl (C=O) groups is 1. The number of halogens is 1. The molecule has 4 nitrogen and oxygen atoms in total. The second-order valence-electron chi connectivity index (χ2n) is 5.29. The number of rotatable bonds is 3. The summed E-state index contributed by atoms with van der Waals surface area (Å²) in [5, 5.41) is 1.95. The number of nitrogen functional groups attached to an aromatic ring is 1. The quantitative estimate of drug-likeness (QED) is 0.876. The summed E-state index contributed by atoms with van der Waals surface area (Å²) < 4.78 is 0. The number of nitrogens with zero attached hydrogens (tertiary/aromatic N) is 2. The fourth-order valence-corrected chi connectivity index (χ4v) is 3.31. The second-order valence-corrected chi connectivity index (χ2v) is 6.24.